The summed E-state index contributed by atoms with van der Waals surface area (Å²) in [5, 5.41) is 13.2. The number of carbonyl (C=O) groups excluding carboxylic acids is 1. The highest BCUT2D eigenvalue weighted by atomic mass is 35.5. The molecule has 0 bridgehead atoms. The lowest BCUT2D eigenvalue weighted by Gasteiger charge is -2.18. The molecule has 1 amide bonds. The number of nitriles is 1. The van der Waals surface area contributed by atoms with Crippen molar-refractivity contribution >= 4 is 23.3 Å². The quantitative estimate of drug-likeness (QED) is 0.571. The summed E-state index contributed by atoms with van der Waals surface area (Å²) in [5.74, 6) is -0.0694. The van der Waals surface area contributed by atoms with E-state index < -0.39 is 0 Å². The largest absolute Gasteiger partial charge is 0.326 e. The van der Waals surface area contributed by atoms with Crippen molar-refractivity contribution in [3.63, 3.8) is 0 Å². The normalized spacial score (nSPS) is 10.9. The summed E-state index contributed by atoms with van der Waals surface area (Å²) in [7, 11) is 1.85. The third-order valence-electron chi connectivity index (χ3n) is 5.21. The standard InChI is InChI=1S/C24H24ClFN4O/c1-16-17(2)30(14-18-7-9-21(26)10-8-18)24(22(16)12-27)28-23(31)15-29(3)13-19-5-4-6-20(25)11-19/h4-11H,13-15H2,1-3H3,(H,28,31). The highest BCUT2D eigenvalue weighted by Gasteiger charge is 2.20. The number of hydrogen-bond acceptors (Lipinski definition) is 3. The van der Waals surface area contributed by atoms with E-state index in [2.05, 4.69) is 11.4 Å². The fourth-order valence-corrected chi connectivity index (χ4v) is 3.73. The van der Waals surface area contributed by atoms with Crippen LogP contribution in [0.1, 0.15) is 27.9 Å². The van der Waals surface area contributed by atoms with Gasteiger partial charge in [0, 0.05) is 23.8 Å². The maximum atomic E-state index is 13.3. The summed E-state index contributed by atoms with van der Waals surface area (Å²) in [6.45, 7) is 4.89. The molecule has 7 heteroatoms. The van der Waals surface area contributed by atoms with Crippen molar-refractivity contribution in [2.24, 2.45) is 0 Å². The number of aromatic nitrogens is 1. The van der Waals surface area contributed by atoms with Crippen LogP contribution in [0.4, 0.5) is 10.2 Å². The van der Waals surface area contributed by atoms with E-state index in [0.29, 0.717) is 29.5 Å². The molecular formula is C24H24ClFN4O. The van der Waals surface area contributed by atoms with E-state index in [1.807, 2.05) is 48.6 Å². The first-order valence-electron chi connectivity index (χ1n) is 9.85. The van der Waals surface area contributed by atoms with E-state index in [0.717, 1.165) is 22.4 Å². The van der Waals surface area contributed by atoms with Crippen LogP contribution in [0.3, 0.4) is 0 Å². The van der Waals surface area contributed by atoms with Crippen LogP contribution in [0.25, 0.3) is 0 Å². The van der Waals surface area contributed by atoms with Crippen molar-refractivity contribution in [2.75, 3.05) is 18.9 Å². The molecule has 0 saturated heterocycles. The summed E-state index contributed by atoms with van der Waals surface area (Å²) in [5.41, 5.74) is 4.01. The maximum Gasteiger partial charge on any atom is 0.239 e. The molecule has 0 atom stereocenters. The van der Waals surface area contributed by atoms with Crippen LogP contribution in [0.15, 0.2) is 48.5 Å². The Morgan fingerprint density at radius 3 is 2.55 bits per heavy atom. The monoisotopic (exact) mass is 438 g/mol. The second kappa shape index (κ2) is 9.78. The molecule has 0 saturated carbocycles. The fraction of sp³-hybridized carbons (Fsp3) is 0.250. The first-order valence-corrected chi connectivity index (χ1v) is 10.2. The SMILES string of the molecule is Cc1c(C#N)c(NC(=O)CN(C)Cc2cccc(Cl)c2)n(Cc2ccc(F)cc2)c1C. The zero-order chi connectivity index (χ0) is 22.5. The van der Waals surface area contributed by atoms with Gasteiger partial charge < -0.3 is 9.88 Å². The molecule has 1 heterocycles. The second-order valence-electron chi connectivity index (χ2n) is 7.61. The fourth-order valence-electron chi connectivity index (χ4n) is 3.52. The molecule has 2 aromatic carbocycles. The molecule has 1 aromatic heterocycles. The number of amides is 1. The smallest absolute Gasteiger partial charge is 0.239 e. The van der Waals surface area contributed by atoms with Crippen molar-refractivity contribution in [3.05, 3.63) is 87.3 Å². The van der Waals surface area contributed by atoms with Gasteiger partial charge in [-0.25, -0.2) is 4.39 Å². The van der Waals surface area contributed by atoms with Crippen molar-refractivity contribution in [1.82, 2.24) is 9.47 Å². The molecule has 0 aliphatic carbocycles. The van der Waals surface area contributed by atoms with Gasteiger partial charge in [-0.05, 0) is 61.9 Å². The third kappa shape index (κ3) is 5.52. The first kappa shape index (κ1) is 22.5. The topological polar surface area (TPSA) is 61.1 Å². The van der Waals surface area contributed by atoms with Crippen LogP contribution in [-0.2, 0) is 17.9 Å². The van der Waals surface area contributed by atoms with Gasteiger partial charge in [-0.15, -0.1) is 0 Å². The van der Waals surface area contributed by atoms with Crippen LogP contribution < -0.4 is 5.32 Å². The molecule has 160 valence electrons. The molecule has 31 heavy (non-hydrogen) atoms. The Morgan fingerprint density at radius 1 is 1.19 bits per heavy atom. The van der Waals surface area contributed by atoms with Crippen LogP contribution in [0.2, 0.25) is 5.02 Å². The van der Waals surface area contributed by atoms with Gasteiger partial charge in [-0.1, -0.05) is 35.9 Å². The molecule has 0 radical (unpaired) electrons. The predicted octanol–water partition coefficient (Wildman–Crippen LogP) is 4.89. The first-order chi connectivity index (χ1) is 14.8. The molecule has 0 aliphatic heterocycles. The van der Waals surface area contributed by atoms with Gasteiger partial charge in [0.1, 0.15) is 17.7 Å². The Hall–Kier alpha value is -3.14. The summed E-state index contributed by atoms with van der Waals surface area (Å²) in [4.78, 5) is 14.6. The predicted molar refractivity (Wildman–Crippen MR) is 121 cm³/mol. The van der Waals surface area contributed by atoms with Gasteiger partial charge in [-0.2, -0.15) is 5.26 Å². The Labute approximate surface area is 186 Å². The van der Waals surface area contributed by atoms with Crippen molar-refractivity contribution in [3.8, 4) is 6.07 Å². The van der Waals surface area contributed by atoms with E-state index in [1.165, 1.54) is 12.1 Å². The lowest BCUT2D eigenvalue weighted by molar-refractivity contribution is -0.117. The molecule has 0 aliphatic rings. The number of carbonyl (C=O) groups is 1. The van der Waals surface area contributed by atoms with Crippen molar-refractivity contribution < 1.29 is 9.18 Å². The highest BCUT2D eigenvalue weighted by molar-refractivity contribution is 6.30. The van der Waals surface area contributed by atoms with Gasteiger partial charge >= 0.3 is 0 Å². The number of rotatable bonds is 7. The maximum absolute atomic E-state index is 13.3. The number of nitrogens with zero attached hydrogens (tertiary/aromatic N) is 3. The van der Waals surface area contributed by atoms with Crippen LogP contribution in [0, 0.1) is 31.0 Å². The van der Waals surface area contributed by atoms with Gasteiger partial charge in [0.2, 0.25) is 5.91 Å². The summed E-state index contributed by atoms with van der Waals surface area (Å²) in [6, 6.07) is 15.9. The van der Waals surface area contributed by atoms with E-state index in [4.69, 9.17) is 11.6 Å². The minimum Gasteiger partial charge on any atom is -0.326 e. The minimum absolute atomic E-state index is 0.150. The molecule has 3 rings (SSSR count). The zero-order valence-electron chi connectivity index (χ0n) is 17.7. The average Bonchev–Trinajstić information content (AvgIpc) is 2.93. The molecule has 0 unspecified atom stereocenters. The van der Waals surface area contributed by atoms with E-state index in [-0.39, 0.29) is 18.3 Å². The number of likely N-dealkylation sites (N-methyl/N-ethyl adjacent to an activating group) is 1. The van der Waals surface area contributed by atoms with Crippen molar-refractivity contribution in [2.45, 2.75) is 26.9 Å². The number of hydrogen-bond donors (Lipinski definition) is 1. The second-order valence-corrected chi connectivity index (χ2v) is 8.05. The third-order valence-corrected chi connectivity index (χ3v) is 5.44. The molecular weight excluding hydrogens is 415 g/mol. The molecule has 1 N–H and O–H groups in total. The van der Waals surface area contributed by atoms with E-state index in [1.54, 1.807) is 18.2 Å². The summed E-state index contributed by atoms with van der Waals surface area (Å²) >= 11 is 6.03. The Kier molecular flexibility index (Phi) is 7.11. The highest BCUT2D eigenvalue weighted by Crippen LogP contribution is 2.27. The van der Waals surface area contributed by atoms with Gasteiger partial charge in [0.15, 0.2) is 0 Å². The van der Waals surface area contributed by atoms with Crippen LogP contribution >= 0.6 is 11.6 Å². The summed E-state index contributed by atoms with van der Waals surface area (Å²) < 4.78 is 15.1. The molecule has 3 aromatic rings. The Bertz CT molecular complexity index is 1130. The molecule has 5 nitrogen and oxygen atoms in total. The Balaban J connectivity index is 1.77. The number of nitrogens with one attached hydrogen (secondary N) is 1. The van der Waals surface area contributed by atoms with Crippen LogP contribution in [-0.4, -0.2) is 29.0 Å². The van der Waals surface area contributed by atoms with E-state index >= 15 is 0 Å². The lowest BCUT2D eigenvalue weighted by atomic mass is 10.2. The van der Waals surface area contributed by atoms with Gasteiger partial charge in [0.25, 0.3) is 0 Å². The van der Waals surface area contributed by atoms with E-state index in [9.17, 15) is 14.4 Å². The minimum atomic E-state index is -0.307. The van der Waals surface area contributed by atoms with Gasteiger partial charge in [-0.3, -0.25) is 9.69 Å². The number of benzene rings is 2. The zero-order valence-corrected chi connectivity index (χ0v) is 18.5. The summed E-state index contributed by atoms with van der Waals surface area (Å²) in [6.07, 6.45) is 0. The molecule has 0 fully saturated rings. The van der Waals surface area contributed by atoms with Crippen LogP contribution in [0.5, 0.6) is 0 Å². The van der Waals surface area contributed by atoms with Gasteiger partial charge in [0.05, 0.1) is 12.1 Å². The number of halogens is 2. The molecule has 0 spiro atoms. The Morgan fingerprint density at radius 2 is 1.90 bits per heavy atom. The number of anilines is 1. The van der Waals surface area contributed by atoms with Crippen molar-refractivity contribution in [1.29, 1.82) is 5.26 Å². The average molecular weight is 439 g/mol. The lowest BCUT2D eigenvalue weighted by Crippen LogP contribution is -2.30.